The lowest BCUT2D eigenvalue weighted by atomic mass is 9.84. The molecule has 4 atom stereocenters. The Morgan fingerprint density at radius 1 is 1.28 bits per heavy atom. The van der Waals surface area contributed by atoms with Gasteiger partial charge in [-0.1, -0.05) is 0 Å². The summed E-state index contributed by atoms with van der Waals surface area (Å²) >= 11 is 0. The van der Waals surface area contributed by atoms with Crippen molar-refractivity contribution in [3.05, 3.63) is 23.8 Å². The van der Waals surface area contributed by atoms with Crippen LogP contribution in [0.1, 0.15) is 37.2 Å². The van der Waals surface area contributed by atoms with E-state index in [2.05, 4.69) is 5.32 Å². The van der Waals surface area contributed by atoms with Crippen LogP contribution in [0, 0.1) is 5.92 Å². The Hall–Kier alpha value is -2.16. The van der Waals surface area contributed by atoms with Gasteiger partial charge in [-0.2, -0.15) is 0 Å². The van der Waals surface area contributed by atoms with Crippen LogP contribution in [-0.2, 0) is 23.8 Å². The second kappa shape index (κ2) is 8.69. The zero-order chi connectivity index (χ0) is 20.4. The van der Waals surface area contributed by atoms with Gasteiger partial charge in [0, 0.05) is 36.3 Å². The molecule has 1 aromatic rings. The van der Waals surface area contributed by atoms with Gasteiger partial charge in [0.25, 0.3) is 0 Å². The van der Waals surface area contributed by atoms with E-state index < -0.39 is 6.10 Å². The highest BCUT2D eigenvalue weighted by atomic mass is 16.6. The first-order chi connectivity index (χ1) is 14.1. The number of carbonyl (C=O) groups is 2. The van der Waals surface area contributed by atoms with Gasteiger partial charge in [-0.3, -0.25) is 9.59 Å². The number of nitrogens with one attached hydrogen (secondary N) is 1. The van der Waals surface area contributed by atoms with Gasteiger partial charge in [-0.15, -0.1) is 0 Å². The average molecular weight is 405 g/mol. The van der Waals surface area contributed by atoms with E-state index in [9.17, 15) is 14.7 Å². The van der Waals surface area contributed by atoms with Crippen molar-refractivity contribution >= 4 is 17.6 Å². The molecule has 0 saturated carbocycles. The van der Waals surface area contributed by atoms with Gasteiger partial charge in [0.1, 0.15) is 18.0 Å². The number of carbonyl (C=O) groups excluding carboxylic acids is 2. The molecule has 8 heteroatoms. The third kappa shape index (κ3) is 4.24. The lowest BCUT2D eigenvalue weighted by Gasteiger charge is -2.36. The highest BCUT2D eigenvalue weighted by Gasteiger charge is 2.46. The number of esters is 1. The van der Waals surface area contributed by atoms with Gasteiger partial charge in [0.2, 0.25) is 5.91 Å². The third-order valence-electron chi connectivity index (χ3n) is 5.98. The number of amides is 1. The van der Waals surface area contributed by atoms with E-state index >= 15 is 0 Å². The van der Waals surface area contributed by atoms with Crippen molar-refractivity contribution in [3.8, 4) is 5.75 Å². The summed E-state index contributed by atoms with van der Waals surface area (Å²) in [5.41, 5.74) is 1.69. The molecule has 1 amide bonds. The number of methoxy groups -OCH3 is 1. The maximum Gasteiger partial charge on any atom is 0.308 e. The van der Waals surface area contributed by atoms with E-state index in [1.54, 1.807) is 0 Å². The number of rotatable bonds is 5. The summed E-state index contributed by atoms with van der Waals surface area (Å²) in [6.07, 6.45) is 0.995. The highest BCUT2D eigenvalue weighted by Crippen LogP contribution is 2.47. The van der Waals surface area contributed by atoms with Crippen LogP contribution in [-0.4, -0.2) is 62.2 Å². The fourth-order valence-corrected chi connectivity index (χ4v) is 4.44. The monoisotopic (exact) mass is 405 g/mol. The van der Waals surface area contributed by atoms with E-state index in [4.69, 9.17) is 18.9 Å². The Labute approximate surface area is 169 Å². The van der Waals surface area contributed by atoms with Crippen molar-refractivity contribution in [1.29, 1.82) is 0 Å². The molecule has 3 aliphatic heterocycles. The Morgan fingerprint density at radius 3 is 2.79 bits per heavy atom. The molecule has 0 aliphatic carbocycles. The van der Waals surface area contributed by atoms with Crippen molar-refractivity contribution in [2.24, 2.45) is 5.92 Å². The van der Waals surface area contributed by atoms with E-state index in [1.807, 2.05) is 18.2 Å². The average Bonchev–Trinajstić information content (AvgIpc) is 3.11. The molecule has 0 aromatic heterocycles. The first-order valence-electron chi connectivity index (χ1n) is 10.1. The summed E-state index contributed by atoms with van der Waals surface area (Å²) in [4.78, 5) is 24.2. The molecule has 0 radical (unpaired) electrons. The number of ether oxygens (including phenoxy) is 4. The Balaban J connectivity index is 1.50. The van der Waals surface area contributed by atoms with Crippen molar-refractivity contribution < 1.29 is 33.6 Å². The van der Waals surface area contributed by atoms with Gasteiger partial charge in [-0.05, 0) is 37.5 Å². The lowest BCUT2D eigenvalue weighted by Crippen LogP contribution is -2.46. The molecule has 0 spiro atoms. The summed E-state index contributed by atoms with van der Waals surface area (Å²) in [7, 11) is 1.35. The lowest BCUT2D eigenvalue weighted by molar-refractivity contribution is -0.156. The fourth-order valence-electron chi connectivity index (χ4n) is 4.44. The van der Waals surface area contributed by atoms with Crippen molar-refractivity contribution in [2.75, 3.05) is 32.2 Å². The van der Waals surface area contributed by atoms with Crippen LogP contribution in [0.5, 0.6) is 5.75 Å². The van der Waals surface area contributed by atoms with Gasteiger partial charge in [0.05, 0.1) is 26.2 Å². The Bertz CT molecular complexity index is 761. The normalized spacial score (nSPS) is 28.8. The van der Waals surface area contributed by atoms with Crippen LogP contribution in [0.2, 0.25) is 0 Å². The van der Waals surface area contributed by atoms with Gasteiger partial charge < -0.3 is 29.4 Å². The van der Waals surface area contributed by atoms with Crippen LogP contribution in [0.4, 0.5) is 5.69 Å². The van der Waals surface area contributed by atoms with Gasteiger partial charge in [0.15, 0.2) is 0 Å². The minimum atomic E-state index is -0.518. The fraction of sp³-hybridized carbons (Fsp3) is 0.619. The zero-order valence-corrected chi connectivity index (χ0v) is 16.5. The molecule has 4 rings (SSSR count). The van der Waals surface area contributed by atoms with Crippen LogP contribution < -0.4 is 10.1 Å². The molecule has 8 nitrogen and oxygen atoms in total. The predicted molar refractivity (Wildman–Crippen MR) is 103 cm³/mol. The van der Waals surface area contributed by atoms with Crippen molar-refractivity contribution in [3.63, 3.8) is 0 Å². The number of fused-ring (bicyclic) bond motifs is 3. The standard InChI is InChI=1S/C21H27NO7/c1-26-19(24)10-14-9-16-15-8-13(22-21(25)12-4-6-27-7-5-12)2-3-17(15)29-20(16)18(11-23)28-14/h2-3,8,12,14,16,18,20,23H,4-7,9-11H2,1H3,(H,22,25)/t14-,16+,18-,20-/m1/s1. The van der Waals surface area contributed by atoms with E-state index in [0.29, 0.717) is 19.6 Å². The first kappa shape index (κ1) is 20.1. The maximum absolute atomic E-state index is 12.6. The molecule has 2 N–H and O–H groups in total. The topological polar surface area (TPSA) is 103 Å². The number of hydrogen-bond donors (Lipinski definition) is 2. The quantitative estimate of drug-likeness (QED) is 0.718. The number of aliphatic hydroxyl groups excluding tert-OH is 1. The van der Waals surface area contributed by atoms with E-state index in [-0.39, 0.29) is 48.9 Å². The van der Waals surface area contributed by atoms with Crippen molar-refractivity contribution in [2.45, 2.75) is 49.9 Å². The Kier molecular flexibility index (Phi) is 6.03. The number of anilines is 1. The molecule has 29 heavy (non-hydrogen) atoms. The molecular formula is C21H27NO7. The van der Waals surface area contributed by atoms with Gasteiger partial charge >= 0.3 is 5.97 Å². The predicted octanol–water partition coefficient (Wildman–Crippen LogP) is 1.61. The van der Waals surface area contributed by atoms with Crippen LogP contribution in [0.15, 0.2) is 18.2 Å². The molecule has 2 saturated heterocycles. The third-order valence-corrected chi connectivity index (χ3v) is 5.98. The SMILES string of the molecule is COC(=O)C[C@H]1C[C@H]2c3cc(NC(=O)C4CCOCC4)ccc3O[C@H]2[C@@H](CO)O1. The van der Waals surface area contributed by atoms with E-state index in [0.717, 1.165) is 29.8 Å². The van der Waals surface area contributed by atoms with Crippen LogP contribution in [0.3, 0.4) is 0 Å². The number of benzene rings is 1. The largest absolute Gasteiger partial charge is 0.487 e. The molecule has 1 aromatic carbocycles. The second-order valence-corrected chi connectivity index (χ2v) is 7.81. The molecule has 0 bridgehead atoms. The van der Waals surface area contributed by atoms with Crippen LogP contribution >= 0.6 is 0 Å². The summed E-state index contributed by atoms with van der Waals surface area (Å²) < 4.78 is 22.0. The second-order valence-electron chi connectivity index (χ2n) is 7.81. The minimum absolute atomic E-state index is 0.00694. The molecule has 158 valence electrons. The van der Waals surface area contributed by atoms with Crippen LogP contribution in [0.25, 0.3) is 0 Å². The summed E-state index contributed by atoms with van der Waals surface area (Å²) in [6.45, 7) is 1.04. The summed E-state index contributed by atoms with van der Waals surface area (Å²) in [5, 5.41) is 12.8. The van der Waals surface area contributed by atoms with Crippen molar-refractivity contribution in [1.82, 2.24) is 0 Å². The summed E-state index contributed by atoms with van der Waals surface area (Å²) in [5.74, 6) is 0.330. The van der Waals surface area contributed by atoms with Gasteiger partial charge in [-0.25, -0.2) is 0 Å². The molecule has 3 heterocycles. The molecule has 3 aliphatic rings. The maximum atomic E-state index is 12.6. The number of aliphatic hydroxyl groups is 1. The van der Waals surface area contributed by atoms with E-state index in [1.165, 1.54) is 7.11 Å². The first-order valence-corrected chi connectivity index (χ1v) is 10.1. The molecular weight excluding hydrogens is 378 g/mol. The smallest absolute Gasteiger partial charge is 0.308 e. The minimum Gasteiger partial charge on any atom is -0.487 e. The molecule has 2 fully saturated rings. The molecule has 0 unspecified atom stereocenters. The summed E-state index contributed by atoms with van der Waals surface area (Å²) in [6, 6.07) is 5.61. The number of hydrogen-bond acceptors (Lipinski definition) is 7. The highest BCUT2D eigenvalue weighted by molar-refractivity contribution is 5.92. The zero-order valence-electron chi connectivity index (χ0n) is 16.5. The Morgan fingerprint density at radius 2 is 2.07 bits per heavy atom.